The van der Waals surface area contributed by atoms with Gasteiger partial charge in [-0.3, -0.25) is 14.5 Å². The highest BCUT2D eigenvalue weighted by atomic mass is 35.5. The van der Waals surface area contributed by atoms with Gasteiger partial charge in [-0.05, 0) is 39.9 Å². The van der Waals surface area contributed by atoms with Gasteiger partial charge in [0.1, 0.15) is 12.2 Å². The van der Waals surface area contributed by atoms with Gasteiger partial charge in [0, 0.05) is 42.5 Å². The van der Waals surface area contributed by atoms with E-state index in [9.17, 15) is 9.59 Å². The Morgan fingerprint density at radius 3 is 2.53 bits per heavy atom. The highest BCUT2D eigenvalue weighted by Gasteiger charge is 2.40. The maximum atomic E-state index is 14.1. The summed E-state index contributed by atoms with van der Waals surface area (Å²) in [5.74, 6) is -0.860. The summed E-state index contributed by atoms with van der Waals surface area (Å²) < 4.78 is 12.0. The number of carbonyl (C=O) groups excluding carboxylic acids is 2. The first kappa shape index (κ1) is 26.6. The number of anilines is 1. The molecule has 2 N–H and O–H groups in total. The van der Waals surface area contributed by atoms with E-state index in [1.807, 2.05) is 54.6 Å². The number of morpholine rings is 1. The molecule has 38 heavy (non-hydrogen) atoms. The van der Waals surface area contributed by atoms with Crippen LogP contribution in [0.15, 0.2) is 60.7 Å². The Kier molecular flexibility index (Phi) is 7.73. The van der Waals surface area contributed by atoms with E-state index in [1.54, 1.807) is 11.0 Å². The fourth-order valence-electron chi connectivity index (χ4n) is 5.61. The molecule has 3 aromatic rings. The van der Waals surface area contributed by atoms with Crippen LogP contribution in [-0.2, 0) is 19.1 Å². The van der Waals surface area contributed by atoms with Crippen LogP contribution in [0.5, 0.6) is 0 Å². The third-order valence-corrected chi connectivity index (χ3v) is 7.47. The highest BCUT2D eigenvalue weighted by Crippen LogP contribution is 2.42. The van der Waals surface area contributed by atoms with Crippen molar-refractivity contribution in [1.29, 1.82) is 0 Å². The van der Waals surface area contributed by atoms with E-state index in [4.69, 9.17) is 26.8 Å². The van der Waals surface area contributed by atoms with E-state index in [0.29, 0.717) is 24.8 Å². The average molecular weight is 536 g/mol. The summed E-state index contributed by atoms with van der Waals surface area (Å²) in [7, 11) is 0. The summed E-state index contributed by atoms with van der Waals surface area (Å²) in [6, 6.07) is 19.6. The number of amides is 2. The molecule has 1 fully saturated rings. The zero-order chi connectivity index (χ0) is 26.9. The zero-order valence-electron chi connectivity index (χ0n) is 21.9. The van der Waals surface area contributed by atoms with Crippen LogP contribution in [-0.4, -0.2) is 62.2 Å². The van der Waals surface area contributed by atoms with Crippen LogP contribution in [0, 0.1) is 5.41 Å². The van der Waals surface area contributed by atoms with Crippen molar-refractivity contribution < 1.29 is 19.1 Å². The fraction of sp³-hybridized carbons (Fsp3) is 0.400. The Balaban J connectivity index is 1.60. The molecular formula is C30H34ClN3O4. The van der Waals surface area contributed by atoms with Crippen molar-refractivity contribution in [3.63, 3.8) is 0 Å². The zero-order valence-corrected chi connectivity index (χ0v) is 22.6. The van der Waals surface area contributed by atoms with Crippen LogP contribution >= 0.6 is 11.6 Å². The number of carbonyl (C=O) groups is 2. The van der Waals surface area contributed by atoms with Gasteiger partial charge in [-0.2, -0.15) is 0 Å². The van der Waals surface area contributed by atoms with Crippen LogP contribution in [0.4, 0.5) is 5.69 Å². The number of hydrogen-bond donors (Lipinski definition) is 1. The van der Waals surface area contributed by atoms with E-state index < -0.39 is 18.1 Å². The van der Waals surface area contributed by atoms with E-state index in [-0.39, 0.29) is 17.7 Å². The molecular weight excluding hydrogens is 502 g/mol. The Morgan fingerprint density at radius 1 is 1.03 bits per heavy atom. The number of rotatable bonds is 7. The first-order valence-corrected chi connectivity index (χ1v) is 13.4. The van der Waals surface area contributed by atoms with Crippen LogP contribution < -0.4 is 10.6 Å². The normalized spacial score (nSPS) is 20.8. The summed E-state index contributed by atoms with van der Waals surface area (Å²) in [6.45, 7) is 8.70. The SMILES string of the molecule is CC(C)(CN1CCOCC1)CN1C(=O)[C@H](CC(N)=O)O[C@@H](c2cccc3ccccc23)c2cc(Cl)ccc21. The molecule has 0 unspecified atom stereocenters. The number of benzene rings is 3. The van der Waals surface area contributed by atoms with Crippen molar-refractivity contribution in [2.24, 2.45) is 11.1 Å². The van der Waals surface area contributed by atoms with Gasteiger partial charge in [0.25, 0.3) is 5.91 Å². The standard InChI is InChI=1S/C30H34ClN3O4/c1-30(2,18-33-12-14-37-15-13-33)19-34-25-11-10-21(31)16-24(25)28(38-26(29(34)36)17-27(32)35)23-9-5-7-20-6-3-4-8-22(20)23/h3-11,16,26,28H,12-15,17-19H2,1-2H3,(H2,32,35)/t26-,28-/m0/s1. The average Bonchev–Trinajstić information content (AvgIpc) is 2.98. The van der Waals surface area contributed by atoms with Crippen LogP contribution in [0.3, 0.4) is 0 Å². The van der Waals surface area contributed by atoms with Crippen molar-refractivity contribution in [2.75, 3.05) is 44.3 Å². The van der Waals surface area contributed by atoms with Crippen molar-refractivity contribution in [3.8, 4) is 0 Å². The third-order valence-electron chi connectivity index (χ3n) is 7.24. The largest absolute Gasteiger partial charge is 0.379 e. The molecule has 3 aromatic carbocycles. The first-order chi connectivity index (χ1) is 18.2. The van der Waals surface area contributed by atoms with Gasteiger partial charge in [0.15, 0.2) is 0 Å². The summed E-state index contributed by atoms with van der Waals surface area (Å²) in [4.78, 5) is 30.3. The quantitative estimate of drug-likeness (QED) is 0.480. The molecule has 2 heterocycles. The smallest absolute Gasteiger partial charge is 0.256 e. The molecule has 7 nitrogen and oxygen atoms in total. The number of nitrogens with two attached hydrogens (primary N) is 1. The van der Waals surface area contributed by atoms with Crippen LogP contribution in [0.25, 0.3) is 10.8 Å². The lowest BCUT2D eigenvalue weighted by molar-refractivity contribution is -0.137. The minimum absolute atomic E-state index is 0.206. The van der Waals surface area contributed by atoms with Crippen molar-refractivity contribution in [3.05, 3.63) is 76.8 Å². The fourth-order valence-corrected chi connectivity index (χ4v) is 5.79. The molecule has 2 atom stereocenters. The maximum absolute atomic E-state index is 14.1. The lowest BCUT2D eigenvalue weighted by atomic mass is 9.90. The summed E-state index contributed by atoms with van der Waals surface area (Å²) >= 11 is 6.52. The number of hydrogen-bond acceptors (Lipinski definition) is 5. The van der Waals surface area contributed by atoms with Crippen molar-refractivity contribution in [1.82, 2.24) is 4.90 Å². The van der Waals surface area contributed by atoms with Gasteiger partial charge in [-0.25, -0.2) is 0 Å². The van der Waals surface area contributed by atoms with Gasteiger partial charge in [0.05, 0.1) is 19.6 Å². The minimum Gasteiger partial charge on any atom is -0.379 e. The molecule has 0 spiro atoms. The van der Waals surface area contributed by atoms with E-state index in [0.717, 1.165) is 47.2 Å². The molecule has 1 saturated heterocycles. The van der Waals surface area contributed by atoms with Crippen molar-refractivity contribution >= 4 is 39.9 Å². The molecule has 0 aliphatic carbocycles. The predicted octanol–water partition coefficient (Wildman–Crippen LogP) is 4.55. The van der Waals surface area contributed by atoms with Gasteiger partial charge in [-0.1, -0.05) is 67.9 Å². The lowest BCUT2D eigenvalue weighted by Crippen LogP contribution is -2.49. The number of fused-ring (bicyclic) bond motifs is 2. The van der Waals surface area contributed by atoms with Gasteiger partial charge < -0.3 is 20.1 Å². The molecule has 2 amide bonds. The second-order valence-electron chi connectivity index (χ2n) is 10.9. The monoisotopic (exact) mass is 535 g/mol. The number of halogens is 1. The second kappa shape index (κ2) is 11.0. The summed E-state index contributed by atoms with van der Waals surface area (Å²) in [5.41, 5.74) is 7.79. The molecule has 0 radical (unpaired) electrons. The molecule has 200 valence electrons. The Hall–Kier alpha value is -2.97. The van der Waals surface area contributed by atoms with Crippen LogP contribution in [0.2, 0.25) is 5.02 Å². The number of ether oxygens (including phenoxy) is 2. The Morgan fingerprint density at radius 2 is 1.76 bits per heavy atom. The van der Waals surface area contributed by atoms with Gasteiger partial charge in [0.2, 0.25) is 5.91 Å². The van der Waals surface area contributed by atoms with Crippen LogP contribution in [0.1, 0.15) is 37.5 Å². The Labute approximate surface area is 228 Å². The molecule has 8 heteroatoms. The van der Waals surface area contributed by atoms with E-state index in [2.05, 4.69) is 18.7 Å². The number of primary amides is 1. The predicted molar refractivity (Wildman–Crippen MR) is 149 cm³/mol. The summed E-state index contributed by atoms with van der Waals surface area (Å²) in [6.07, 6.45) is -1.85. The minimum atomic E-state index is -1.03. The second-order valence-corrected chi connectivity index (χ2v) is 11.4. The molecule has 5 rings (SSSR count). The molecule has 2 aliphatic heterocycles. The third kappa shape index (κ3) is 5.71. The first-order valence-electron chi connectivity index (χ1n) is 13.0. The molecule has 2 aliphatic rings. The highest BCUT2D eigenvalue weighted by molar-refractivity contribution is 6.30. The molecule has 0 bridgehead atoms. The Bertz CT molecular complexity index is 1330. The van der Waals surface area contributed by atoms with E-state index in [1.165, 1.54) is 0 Å². The van der Waals surface area contributed by atoms with E-state index >= 15 is 0 Å². The number of nitrogens with zero attached hydrogens (tertiary/aromatic N) is 2. The lowest BCUT2D eigenvalue weighted by Gasteiger charge is -2.38. The molecule has 0 aromatic heterocycles. The summed E-state index contributed by atoms with van der Waals surface area (Å²) in [5, 5.41) is 2.62. The topological polar surface area (TPSA) is 85.1 Å². The van der Waals surface area contributed by atoms with Gasteiger partial charge in [-0.15, -0.1) is 0 Å². The van der Waals surface area contributed by atoms with Crippen molar-refractivity contribution in [2.45, 2.75) is 32.5 Å². The van der Waals surface area contributed by atoms with Gasteiger partial charge >= 0.3 is 0 Å². The molecule has 0 saturated carbocycles. The maximum Gasteiger partial charge on any atom is 0.256 e.